The molecule has 6 nitrogen and oxygen atoms in total. The summed E-state index contributed by atoms with van der Waals surface area (Å²) < 4.78 is 20.3. The minimum absolute atomic E-state index is 0.0308. The Bertz CT molecular complexity index is 725. The van der Waals surface area contributed by atoms with Crippen molar-refractivity contribution in [3.8, 4) is 0 Å². The SMILES string of the molecule is CCOC(=O)c1cccc(F)c1NC(=O)c1cn(C)nc1C. The minimum Gasteiger partial charge on any atom is -0.462 e. The van der Waals surface area contributed by atoms with Crippen LogP contribution in [0.15, 0.2) is 24.4 Å². The molecule has 7 heteroatoms. The van der Waals surface area contributed by atoms with Gasteiger partial charge in [-0.25, -0.2) is 9.18 Å². The first-order chi connectivity index (χ1) is 10.4. The number of carbonyl (C=O) groups excluding carboxylic acids is 2. The molecule has 0 radical (unpaired) electrons. The molecule has 116 valence electrons. The molecule has 0 aliphatic carbocycles. The number of para-hydroxylation sites is 1. The highest BCUT2D eigenvalue weighted by Crippen LogP contribution is 2.22. The summed E-state index contributed by atoms with van der Waals surface area (Å²) in [6, 6.07) is 3.94. The van der Waals surface area contributed by atoms with E-state index in [9.17, 15) is 14.0 Å². The van der Waals surface area contributed by atoms with E-state index in [-0.39, 0.29) is 17.9 Å². The molecule has 0 bridgehead atoms. The lowest BCUT2D eigenvalue weighted by Gasteiger charge is -2.11. The Labute approximate surface area is 126 Å². The zero-order valence-corrected chi connectivity index (χ0v) is 12.5. The fourth-order valence-electron chi connectivity index (χ4n) is 2.03. The van der Waals surface area contributed by atoms with Crippen LogP contribution in [0.25, 0.3) is 0 Å². The van der Waals surface area contributed by atoms with E-state index in [4.69, 9.17) is 4.74 Å². The number of hydrogen-bond acceptors (Lipinski definition) is 4. The number of aryl methyl sites for hydroxylation is 2. The molecule has 1 heterocycles. The van der Waals surface area contributed by atoms with Crippen molar-refractivity contribution in [1.82, 2.24) is 9.78 Å². The zero-order chi connectivity index (χ0) is 16.3. The molecule has 22 heavy (non-hydrogen) atoms. The number of hydrogen-bond donors (Lipinski definition) is 1. The van der Waals surface area contributed by atoms with Crippen LogP contribution in [0.1, 0.15) is 33.3 Å². The van der Waals surface area contributed by atoms with E-state index in [1.54, 1.807) is 20.9 Å². The van der Waals surface area contributed by atoms with Crippen LogP contribution in [0.4, 0.5) is 10.1 Å². The molecular weight excluding hydrogens is 289 g/mol. The van der Waals surface area contributed by atoms with Crippen molar-refractivity contribution < 1.29 is 18.7 Å². The van der Waals surface area contributed by atoms with Gasteiger partial charge < -0.3 is 10.1 Å². The van der Waals surface area contributed by atoms with Crippen LogP contribution in [-0.4, -0.2) is 28.3 Å². The predicted molar refractivity (Wildman–Crippen MR) is 78.3 cm³/mol. The van der Waals surface area contributed by atoms with Crippen LogP contribution in [0, 0.1) is 12.7 Å². The number of carbonyl (C=O) groups is 2. The molecule has 0 atom stereocenters. The molecule has 2 aromatic rings. The minimum atomic E-state index is -0.708. The lowest BCUT2D eigenvalue weighted by atomic mass is 10.1. The molecule has 0 fully saturated rings. The van der Waals surface area contributed by atoms with E-state index in [0.29, 0.717) is 11.3 Å². The summed E-state index contributed by atoms with van der Waals surface area (Å²) >= 11 is 0. The number of nitrogens with one attached hydrogen (secondary N) is 1. The van der Waals surface area contributed by atoms with Gasteiger partial charge in [0.2, 0.25) is 0 Å². The van der Waals surface area contributed by atoms with Gasteiger partial charge in [-0.05, 0) is 26.0 Å². The number of halogens is 1. The largest absolute Gasteiger partial charge is 0.462 e. The second kappa shape index (κ2) is 6.38. The Morgan fingerprint density at radius 1 is 1.36 bits per heavy atom. The molecule has 1 amide bonds. The summed E-state index contributed by atoms with van der Waals surface area (Å²) in [4.78, 5) is 24.1. The monoisotopic (exact) mass is 305 g/mol. The van der Waals surface area contributed by atoms with E-state index in [0.717, 1.165) is 6.07 Å². The van der Waals surface area contributed by atoms with Crippen molar-refractivity contribution in [3.63, 3.8) is 0 Å². The van der Waals surface area contributed by atoms with E-state index in [1.165, 1.54) is 23.0 Å². The molecule has 0 unspecified atom stereocenters. The molecule has 0 saturated carbocycles. The highest BCUT2D eigenvalue weighted by Gasteiger charge is 2.20. The number of aromatic nitrogens is 2. The maximum atomic E-state index is 14.0. The molecule has 0 aliphatic heterocycles. The number of anilines is 1. The van der Waals surface area contributed by atoms with E-state index in [1.807, 2.05) is 0 Å². The smallest absolute Gasteiger partial charge is 0.340 e. The predicted octanol–water partition coefficient (Wildman–Crippen LogP) is 2.30. The Kier molecular flexibility index (Phi) is 4.55. The van der Waals surface area contributed by atoms with Gasteiger partial charge >= 0.3 is 5.97 Å². The van der Waals surface area contributed by atoms with Crippen LogP contribution in [-0.2, 0) is 11.8 Å². The number of amides is 1. The van der Waals surface area contributed by atoms with Crippen LogP contribution in [0.5, 0.6) is 0 Å². The van der Waals surface area contributed by atoms with Crippen LogP contribution in [0.2, 0.25) is 0 Å². The van der Waals surface area contributed by atoms with Crippen molar-refractivity contribution >= 4 is 17.6 Å². The summed E-state index contributed by atoms with van der Waals surface area (Å²) in [5, 5.41) is 6.47. The lowest BCUT2D eigenvalue weighted by Crippen LogP contribution is -2.17. The molecule has 0 aliphatic rings. The number of benzene rings is 1. The van der Waals surface area contributed by atoms with Crippen LogP contribution in [0.3, 0.4) is 0 Å². The average molecular weight is 305 g/mol. The Hall–Kier alpha value is -2.70. The maximum absolute atomic E-state index is 14.0. The fourth-order valence-corrected chi connectivity index (χ4v) is 2.03. The van der Waals surface area contributed by atoms with Gasteiger partial charge in [0.15, 0.2) is 0 Å². The van der Waals surface area contributed by atoms with Crippen LogP contribution >= 0.6 is 0 Å². The quantitative estimate of drug-likeness (QED) is 0.880. The molecular formula is C15H16FN3O3. The van der Waals surface area contributed by atoms with E-state index < -0.39 is 17.7 Å². The zero-order valence-electron chi connectivity index (χ0n) is 12.5. The Morgan fingerprint density at radius 3 is 2.68 bits per heavy atom. The summed E-state index contributed by atoms with van der Waals surface area (Å²) in [5.41, 5.74) is 0.584. The van der Waals surface area contributed by atoms with Gasteiger partial charge in [0.1, 0.15) is 5.82 Å². The van der Waals surface area contributed by atoms with Crippen molar-refractivity contribution in [2.45, 2.75) is 13.8 Å². The van der Waals surface area contributed by atoms with Gasteiger partial charge in [-0.2, -0.15) is 5.10 Å². The topological polar surface area (TPSA) is 73.2 Å². The molecule has 0 saturated heterocycles. The second-order valence-corrected chi connectivity index (χ2v) is 4.64. The summed E-state index contributed by atoms with van der Waals surface area (Å²) in [7, 11) is 1.68. The average Bonchev–Trinajstić information content (AvgIpc) is 2.80. The number of rotatable bonds is 4. The third-order valence-corrected chi connectivity index (χ3v) is 3.01. The van der Waals surface area contributed by atoms with Crippen molar-refractivity contribution in [3.05, 3.63) is 47.0 Å². The highest BCUT2D eigenvalue weighted by molar-refractivity contribution is 6.08. The Morgan fingerprint density at radius 2 is 2.09 bits per heavy atom. The fraction of sp³-hybridized carbons (Fsp3) is 0.267. The highest BCUT2D eigenvalue weighted by atomic mass is 19.1. The lowest BCUT2D eigenvalue weighted by molar-refractivity contribution is 0.0527. The molecule has 2 rings (SSSR count). The summed E-state index contributed by atoms with van der Waals surface area (Å²) in [6.45, 7) is 3.47. The third-order valence-electron chi connectivity index (χ3n) is 3.01. The van der Waals surface area contributed by atoms with Gasteiger partial charge in [0.05, 0.1) is 29.1 Å². The summed E-state index contributed by atoms with van der Waals surface area (Å²) in [6.07, 6.45) is 1.52. The van der Waals surface area contributed by atoms with Gasteiger partial charge in [-0.3, -0.25) is 9.48 Å². The van der Waals surface area contributed by atoms with Gasteiger partial charge in [0.25, 0.3) is 5.91 Å². The van der Waals surface area contributed by atoms with E-state index in [2.05, 4.69) is 10.4 Å². The first-order valence-electron chi connectivity index (χ1n) is 6.71. The van der Waals surface area contributed by atoms with Gasteiger partial charge in [-0.15, -0.1) is 0 Å². The van der Waals surface area contributed by atoms with Crippen molar-refractivity contribution in [1.29, 1.82) is 0 Å². The van der Waals surface area contributed by atoms with Gasteiger partial charge in [-0.1, -0.05) is 6.07 Å². The molecule has 1 aromatic carbocycles. The number of ether oxygens (including phenoxy) is 1. The second-order valence-electron chi connectivity index (χ2n) is 4.64. The standard InChI is InChI=1S/C15H16FN3O3/c1-4-22-15(21)10-6-5-7-12(16)13(10)17-14(20)11-8-19(3)18-9(11)2/h5-8H,4H2,1-3H3,(H,17,20). The molecule has 0 spiro atoms. The third kappa shape index (κ3) is 3.13. The van der Waals surface area contributed by atoms with Gasteiger partial charge in [0, 0.05) is 13.2 Å². The maximum Gasteiger partial charge on any atom is 0.340 e. The van der Waals surface area contributed by atoms with Crippen molar-refractivity contribution in [2.24, 2.45) is 7.05 Å². The molecule has 1 N–H and O–H groups in total. The molecule has 1 aromatic heterocycles. The van der Waals surface area contributed by atoms with Crippen LogP contribution < -0.4 is 5.32 Å². The first kappa shape index (κ1) is 15.7. The normalized spacial score (nSPS) is 10.4. The first-order valence-corrected chi connectivity index (χ1v) is 6.71. The number of esters is 1. The van der Waals surface area contributed by atoms with Crippen molar-refractivity contribution in [2.75, 3.05) is 11.9 Å². The number of nitrogens with zero attached hydrogens (tertiary/aromatic N) is 2. The summed E-state index contributed by atoms with van der Waals surface area (Å²) in [5.74, 6) is -1.94. The van der Waals surface area contributed by atoms with E-state index >= 15 is 0 Å². The Balaban J connectivity index is 2.34.